The number of halogens is 1. The summed E-state index contributed by atoms with van der Waals surface area (Å²) in [6.45, 7) is 4.98. The largest absolute Gasteiger partial charge is 0.481 e. The van der Waals surface area contributed by atoms with Crippen LogP contribution >= 0.6 is 0 Å². The van der Waals surface area contributed by atoms with Crippen molar-refractivity contribution in [1.82, 2.24) is 14.9 Å². The molecule has 160 valence electrons. The summed E-state index contributed by atoms with van der Waals surface area (Å²) in [6, 6.07) is 6.14. The number of hydrogen-bond donors (Lipinski definition) is 1. The van der Waals surface area contributed by atoms with E-state index in [9.17, 15) is 22.7 Å². The second-order valence-electron chi connectivity index (χ2n) is 7.30. The van der Waals surface area contributed by atoms with Gasteiger partial charge in [-0.3, -0.25) is 9.69 Å². The van der Waals surface area contributed by atoms with Crippen LogP contribution in [0.3, 0.4) is 0 Å². The summed E-state index contributed by atoms with van der Waals surface area (Å²) < 4.78 is 34.8. The molecule has 0 amide bonds. The maximum absolute atomic E-state index is 13.1. The number of carbonyl (C=O) groups is 1. The van der Waals surface area contributed by atoms with Crippen LogP contribution in [0.1, 0.15) is 6.92 Å². The van der Waals surface area contributed by atoms with Crippen molar-refractivity contribution in [3.8, 4) is 11.1 Å². The van der Waals surface area contributed by atoms with Gasteiger partial charge in [0.1, 0.15) is 5.82 Å². The van der Waals surface area contributed by atoms with E-state index < -0.39 is 22.2 Å². The third-order valence-corrected chi connectivity index (χ3v) is 5.69. The van der Waals surface area contributed by atoms with E-state index in [1.807, 2.05) is 4.90 Å². The van der Waals surface area contributed by atoms with Crippen molar-refractivity contribution >= 4 is 27.6 Å². The molecule has 1 unspecified atom stereocenters. The molecule has 0 bridgehead atoms. The third-order valence-electron chi connectivity index (χ3n) is 5.17. The molecule has 0 radical (unpaired) electrons. The number of hydrogen-bond acceptors (Lipinski definition) is 7. The van der Waals surface area contributed by atoms with Crippen LogP contribution in [-0.2, 0) is 15.1 Å². The number of nitrogens with zero attached hydrogens (tertiary/aromatic N) is 4. The lowest BCUT2D eigenvalue weighted by Crippen LogP contribution is -2.49. The summed E-state index contributed by atoms with van der Waals surface area (Å²) in [5.41, 5.74) is 1.64. The number of carboxylic acid groups (broad SMARTS) is 1. The minimum atomic E-state index is -2.51. The van der Waals surface area contributed by atoms with Gasteiger partial charge in [-0.15, -0.1) is 0 Å². The molecule has 1 aliphatic rings. The quantitative estimate of drug-likeness (QED) is 0.653. The van der Waals surface area contributed by atoms with Crippen LogP contribution in [0.5, 0.6) is 0 Å². The van der Waals surface area contributed by atoms with Crippen molar-refractivity contribution < 1.29 is 22.7 Å². The number of piperazine rings is 1. The van der Waals surface area contributed by atoms with Crippen molar-refractivity contribution in [2.75, 3.05) is 37.6 Å². The molecule has 2 heterocycles. The highest BCUT2D eigenvalue weighted by Crippen LogP contribution is 2.20. The first-order chi connectivity index (χ1) is 14.3. The standard InChI is InChI=1S/C20H23FN4O4S/c1-14(18(19(26)27)13-30(28)29)12-24-6-8-25(9-7-24)20-22-10-16(11-23-20)15-2-4-17(21)5-3-15/h2-5,10-11,13-14,18H,6-9,12H2,1H3,(H,26,27)/t14?,18-/m1/s1. The first kappa shape index (κ1) is 21.8. The Bertz CT molecular complexity index is 996. The summed E-state index contributed by atoms with van der Waals surface area (Å²) in [4.78, 5) is 24.3. The number of carboxylic acids is 1. The van der Waals surface area contributed by atoms with Crippen molar-refractivity contribution in [2.45, 2.75) is 6.92 Å². The van der Waals surface area contributed by atoms with Crippen LogP contribution in [0.15, 0.2) is 36.7 Å². The smallest absolute Gasteiger partial charge is 0.311 e. The van der Waals surface area contributed by atoms with Gasteiger partial charge < -0.3 is 10.0 Å². The molecule has 1 saturated heterocycles. The predicted molar refractivity (Wildman–Crippen MR) is 111 cm³/mol. The van der Waals surface area contributed by atoms with Crippen molar-refractivity contribution in [3.63, 3.8) is 0 Å². The molecule has 30 heavy (non-hydrogen) atoms. The lowest BCUT2D eigenvalue weighted by molar-refractivity contribution is -0.140. The number of aliphatic carboxylic acids is 1. The fourth-order valence-electron chi connectivity index (χ4n) is 3.48. The molecule has 0 spiro atoms. The molecule has 1 aromatic carbocycles. The van der Waals surface area contributed by atoms with Gasteiger partial charge in [0, 0.05) is 50.7 Å². The zero-order valence-electron chi connectivity index (χ0n) is 16.5. The van der Waals surface area contributed by atoms with Gasteiger partial charge in [0.25, 0.3) is 0 Å². The Kier molecular flexibility index (Phi) is 7.11. The van der Waals surface area contributed by atoms with Crippen LogP contribution in [-0.4, -0.2) is 72.5 Å². The van der Waals surface area contributed by atoms with E-state index in [1.54, 1.807) is 31.5 Å². The van der Waals surface area contributed by atoms with Gasteiger partial charge >= 0.3 is 5.97 Å². The van der Waals surface area contributed by atoms with Crippen LogP contribution < -0.4 is 4.90 Å². The van der Waals surface area contributed by atoms with Crippen molar-refractivity contribution in [3.05, 3.63) is 42.5 Å². The van der Waals surface area contributed by atoms with Crippen LogP contribution in [0, 0.1) is 17.7 Å². The summed E-state index contributed by atoms with van der Waals surface area (Å²) in [5.74, 6) is -2.20. The maximum Gasteiger partial charge on any atom is 0.311 e. The molecule has 2 atom stereocenters. The molecule has 2 aromatic rings. The molecule has 1 N–H and O–H groups in total. The third kappa shape index (κ3) is 5.61. The second kappa shape index (κ2) is 9.77. The van der Waals surface area contributed by atoms with E-state index in [0.29, 0.717) is 38.7 Å². The van der Waals surface area contributed by atoms with E-state index in [-0.39, 0.29) is 11.7 Å². The molecule has 1 aliphatic heterocycles. The van der Waals surface area contributed by atoms with Crippen LogP contribution in [0.25, 0.3) is 11.1 Å². The number of anilines is 1. The first-order valence-corrected chi connectivity index (χ1v) is 10.7. The number of aromatic nitrogens is 2. The van der Waals surface area contributed by atoms with E-state index in [2.05, 4.69) is 14.9 Å². The summed E-state index contributed by atoms with van der Waals surface area (Å²) in [5, 5.41) is 10.1. The fraction of sp³-hybridized carbons (Fsp3) is 0.400. The molecular formula is C20H23FN4O4S. The molecule has 3 rings (SSSR count). The number of benzene rings is 1. The van der Waals surface area contributed by atoms with Crippen molar-refractivity contribution in [2.24, 2.45) is 11.8 Å². The maximum atomic E-state index is 13.1. The topological polar surface area (TPSA) is 104 Å². The highest BCUT2D eigenvalue weighted by molar-refractivity contribution is 7.71. The van der Waals surface area contributed by atoms with Crippen molar-refractivity contribution in [1.29, 1.82) is 0 Å². The zero-order chi connectivity index (χ0) is 21.7. The lowest BCUT2D eigenvalue weighted by atomic mass is 9.95. The van der Waals surface area contributed by atoms with Crippen LogP contribution in [0.2, 0.25) is 0 Å². The van der Waals surface area contributed by atoms with Gasteiger partial charge in [-0.05, 0) is 23.6 Å². The average Bonchev–Trinajstić information content (AvgIpc) is 2.73. The minimum absolute atomic E-state index is 0.294. The predicted octanol–water partition coefficient (Wildman–Crippen LogP) is 1.42. The van der Waals surface area contributed by atoms with E-state index in [1.165, 1.54) is 12.1 Å². The summed E-state index contributed by atoms with van der Waals surface area (Å²) in [6.07, 6.45) is 3.42. The van der Waals surface area contributed by atoms with Gasteiger partial charge in [0.05, 0.1) is 11.3 Å². The Morgan fingerprint density at radius 1 is 1.13 bits per heavy atom. The Balaban J connectivity index is 1.57. The van der Waals surface area contributed by atoms with E-state index >= 15 is 0 Å². The Hall–Kier alpha value is -2.85. The average molecular weight is 434 g/mol. The Morgan fingerprint density at radius 2 is 1.73 bits per heavy atom. The van der Waals surface area contributed by atoms with E-state index in [0.717, 1.165) is 16.5 Å². The Morgan fingerprint density at radius 3 is 2.27 bits per heavy atom. The molecule has 0 saturated carbocycles. The first-order valence-electron chi connectivity index (χ1n) is 9.54. The number of rotatable bonds is 7. The lowest BCUT2D eigenvalue weighted by Gasteiger charge is -2.36. The molecule has 1 fully saturated rings. The summed E-state index contributed by atoms with van der Waals surface area (Å²) in [7, 11) is -2.51. The molecular weight excluding hydrogens is 411 g/mol. The molecule has 0 aliphatic carbocycles. The van der Waals surface area contributed by atoms with E-state index in [4.69, 9.17) is 0 Å². The highest BCUT2D eigenvalue weighted by atomic mass is 32.2. The fourth-order valence-corrected chi connectivity index (χ4v) is 4.11. The molecule has 8 nitrogen and oxygen atoms in total. The van der Waals surface area contributed by atoms with Gasteiger partial charge in [-0.2, -0.15) is 8.42 Å². The SMILES string of the molecule is CC(CN1CCN(c2ncc(-c3ccc(F)cc3)cn2)CC1)[C@@H](C=S(=O)=O)C(=O)O. The Labute approximate surface area is 175 Å². The summed E-state index contributed by atoms with van der Waals surface area (Å²) >= 11 is 0. The van der Waals surface area contributed by atoms with Gasteiger partial charge in [0.15, 0.2) is 0 Å². The highest BCUT2D eigenvalue weighted by Gasteiger charge is 2.27. The normalized spacial score (nSPS) is 16.7. The molecule has 1 aromatic heterocycles. The van der Waals surface area contributed by atoms with Gasteiger partial charge in [0.2, 0.25) is 16.2 Å². The monoisotopic (exact) mass is 434 g/mol. The van der Waals surface area contributed by atoms with Gasteiger partial charge in [-0.25, -0.2) is 14.4 Å². The van der Waals surface area contributed by atoms with Crippen LogP contribution in [0.4, 0.5) is 10.3 Å². The molecule has 10 heteroatoms. The second-order valence-corrected chi connectivity index (χ2v) is 8.10. The van der Waals surface area contributed by atoms with Gasteiger partial charge in [-0.1, -0.05) is 19.1 Å². The minimum Gasteiger partial charge on any atom is -0.481 e. The zero-order valence-corrected chi connectivity index (χ0v) is 17.3.